The molecular formula is C24H25ClFN3O4. The molecule has 9 heteroatoms. The number of carboxylic acids is 1. The zero-order valence-corrected chi connectivity index (χ0v) is 19.0. The number of aromatic nitrogens is 1. The Bertz CT molecular complexity index is 1270. The second kappa shape index (κ2) is 9.51. The van der Waals surface area contributed by atoms with Gasteiger partial charge >= 0.3 is 5.97 Å². The molecule has 174 valence electrons. The minimum absolute atomic E-state index is 0.0212. The topological polar surface area (TPSA) is 86.0 Å². The van der Waals surface area contributed by atoms with Crippen LogP contribution in [0.5, 0.6) is 0 Å². The first-order valence-corrected chi connectivity index (χ1v) is 11.1. The van der Waals surface area contributed by atoms with Gasteiger partial charge in [-0.25, -0.2) is 9.18 Å². The summed E-state index contributed by atoms with van der Waals surface area (Å²) in [6.45, 7) is 3.14. The summed E-state index contributed by atoms with van der Waals surface area (Å²) in [6.07, 6.45) is 1.47. The molecule has 7 nitrogen and oxygen atoms in total. The number of rotatable bonds is 6. The van der Waals surface area contributed by atoms with Crippen LogP contribution in [0.3, 0.4) is 0 Å². The molecule has 0 radical (unpaired) electrons. The van der Waals surface area contributed by atoms with Crippen molar-refractivity contribution in [2.45, 2.75) is 13.0 Å². The molecule has 3 aromatic rings. The molecule has 2 heterocycles. The Labute approximate surface area is 195 Å². The van der Waals surface area contributed by atoms with Gasteiger partial charge in [0.2, 0.25) is 5.43 Å². The third-order valence-electron chi connectivity index (χ3n) is 6.11. The Morgan fingerprint density at radius 1 is 1.15 bits per heavy atom. The van der Waals surface area contributed by atoms with Crippen molar-refractivity contribution >= 4 is 34.2 Å². The van der Waals surface area contributed by atoms with Crippen LogP contribution < -0.4 is 10.3 Å². The third-order valence-corrected chi connectivity index (χ3v) is 6.40. The van der Waals surface area contributed by atoms with Gasteiger partial charge in [-0.3, -0.25) is 4.79 Å². The maximum atomic E-state index is 14.7. The van der Waals surface area contributed by atoms with Crippen LogP contribution in [0.2, 0.25) is 5.02 Å². The van der Waals surface area contributed by atoms with Crippen molar-refractivity contribution in [3.05, 3.63) is 74.3 Å². The summed E-state index contributed by atoms with van der Waals surface area (Å²) in [5, 5.41) is 19.3. The Morgan fingerprint density at radius 2 is 1.88 bits per heavy atom. The van der Waals surface area contributed by atoms with Crippen molar-refractivity contribution in [2.75, 3.05) is 44.7 Å². The van der Waals surface area contributed by atoms with Crippen LogP contribution in [-0.2, 0) is 13.0 Å². The molecule has 1 aromatic heterocycles. The van der Waals surface area contributed by atoms with Crippen LogP contribution in [0, 0.1) is 5.82 Å². The van der Waals surface area contributed by atoms with E-state index in [4.69, 9.17) is 11.6 Å². The Kier molecular flexibility index (Phi) is 6.69. The van der Waals surface area contributed by atoms with Crippen LogP contribution >= 0.6 is 11.6 Å². The van der Waals surface area contributed by atoms with Crippen LogP contribution in [0.4, 0.5) is 10.1 Å². The maximum Gasteiger partial charge on any atom is 0.341 e. The molecular weight excluding hydrogens is 449 g/mol. The lowest BCUT2D eigenvalue weighted by atomic mass is 9.98. The highest BCUT2D eigenvalue weighted by atomic mass is 35.5. The molecule has 0 amide bonds. The molecule has 33 heavy (non-hydrogen) atoms. The van der Waals surface area contributed by atoms with Crippen molar-refractivity contribution < 1.29 is 19.4 Å². The van der Waals surface area contributed by atoms with Crippen LogP contribution in [0.1, 0.15) is 21.5 Å². The number of aliphatic hydroxyl groups is 1. The highest BCUT2D eigenvalue weighted by Gasteiger charge is 2.22. The zero-order valence-electron chi connectivity index (χ0n) is 18.2. The molecule has 0 spiro atoms. The van der Waals surface area contributed by atoms with Gasteiger partial charge in [-0.1, -0.05) is 23.7 Å². The van der Waals surface area contributed by atoms with E-state index in [0.717, 1.165) is 31.9 Å². The van der Waals surface area contributed by atoms with Gasteiger partial charge in [0.05, 0.1) is 17.1 Å². The van der Waals surface area contributed by atoms with E-state index < -0.39 is 17.2 Å². The van der Waals surface area contributed by atoms with Crippen molar-refractivity contribution in [1.82, 2.24) is 9.47 Å². The Morgan fingerprint density at radius 3 is 2.55 bits per heavy atom. The number of likely N-dealkylation sites (N-methyl/N-ethyl adjacent to an activating group) is 1. The fraction of sp³-hybridized carbons (Fsp3) is 0.333. The summed E-state index contributed by atoms with van der Waals surface area (Å²) in [6, 6.07) is 8.31. The summed E-state index contributed by atoms with van der Waals surface area (Å²) in [4.78, 5) is 29.1. The third kappa shape index (κ3) is 4.59. The highest BCUT2D eigenvalue weighted by Crippen LogP contribution is 2.31. The van der Waals surface area contributed by atoms with Gasteiger partial charge in [-0.15, -0.1) is 0 Å². The van der Waals surface area contributed by atoms with Crippen LogP contribution in [0.25, 0.3) is 10.9 Å². The fourth-order valence-electron chi connectivity index (χ4n) is 4.29. The largest absolute Gasteiger partial charge is 0.477 e. The number of hydrogen-bond acceptors (Lipinski definition) is 5. The molecule has 0 aliphatic carbocycles. The number of aromatic carboxylic acids is 1. The number of pyridine rings is 1. The summed E-state index contributed by atoms with van der Waals surface area (Å²) >= 11 is 5.98. The van der Waals surface area contributed by atoms with E-state index in [-0.39, 0.29) is 35.5 Å². The minimum Gasteiger partial charge on any atom is -0.477 e. The van der Waals surface area contributed by atoms with Gasteiger partial charge < -0.3 is 24.6 Å². The molecule has 0 bridgehead atoms. The van der Waals surface area contributed by atoms with E-state index in [0.29, 0.717) is 16.6 Å². The normalized spacial score (nSPS) is 14.7. The van der Waals surface area contributed by atoms with Gasteiger partial charge in [0.15, 0.2) is 0 Å². The standard InChI is InChI=1S/C24H25ClFN3O4/c1-27-5-7-28(8-6-27)20-13-21-17(23(31)18(24(32)33)14-29(21)9-10-30)12-16(20)11-15-3-2-4-19(25)22(15)26/h2-4,12-14,30H,5-11H2,1H3,(H,32,33). The number of carboxylic acid groups (broad SMARTS) is 1. The summed E-state index contributed by atoms with van der Waals surface area (Å²) in [5.74, 6) is -1.85. The summed E-state index contributed by atoms with van der Waals surface area (Å²) in [5.41, 5.74) is 1.51. The van der Waals surface area contributed by atoms with Crippen LogP contribution in [0.15, 0.2) is 41.3 Å². The molecule has 1 fully saturated rings. The average molecular weight is 474 g/mol. The maximum absolute atomic E-state index is 14.7. The predicted molar refractivity (Wildman–Crippen MR) is 126 cm³/mol. The van der Waals surface area contributed by atoms with Gasteiger partial charge in [0.1, 0.15) is 11.4 Å². The summed E-state index contributed by atoms with van der Waals surface area (Å²) < 4.78 is 16.3. The summed E-state index contributed by atoms with van der Waals surface area (Å²) in [7, 11) is 2.05. The van der Waals surface area contributed by atoms with Gasteiger partial charge in [0.25, 0.3) is 0 Å². The van der Waals surface area contributed by atoms with Gasteiger partial charge in [-0.05, 0) is 36.4 Å². The number of piperazine rings is 1. The first-order valence-electron chi connectivity index (χ1n) is 10.7. The zero-order chi connectivity index (χ0) is 23.7. The number of nitrogens with zero attached hydrogens (tertiary/aromatic N) is 3. The number of fused-ring (bicyclic) bond motifs is 1. The van der Waals surface area contributed by atoms with E-state index in [1.165, 1.54) is 12.3 Å². The molecule has 0 unspecified atom stereocenters. The molecule has 0 saturated carbocycles. The average Bonchev–Trinajstić information content (AvgIpc) is 2.79. The number of benzene rings is 2. The fourth-order valence-corrected chi connectivity index (χ4v) is 4.48. The molecule has 2 aromatic carbocycles. The lowest BCUT2D eigenvalue weighted by Gasteiger charge is -2.35. The molecule has 2 N–H and O–H groups in total. The number of aliphatic hydroxyl groups excluding tert-OH is 1. The van der Waals surface area contributed by atoms with Crippen molar-refractivity contribution in [3.63, 3.8) is 0 Å². The number of hydrogen-bond donors (Lipinski definition) is 2. The highest BCUT2D eigenvalue weighted by molar-refractivity contribution is 6.30. The molecule has 4 rings (SSSR count). The molecule has 0 atom stereocenters. The smallest absolute Gasteiger partial charge is 0.341 e. The Hall–Kier alpha value is -2.94. The number of carbonyl (C=O) groups is 1. The van der Waals surface area contributed by atoms with E-state index in [2.05, 4.69) is 9.80 Å². The number of anilines is 1. The SMILES string of the molecule is CN1CCN(c2cc3c(cc2Cc2cccc(Cl)c2F)c(=O)c(C(=O)O)cn3CCO)CC1. The van der Waals surface area contributed by atoms with E-state index >= 15 is 0 Å². The quantitative estimate of drug-likeness (QED) is 0.572. The molecule has 1 saturated heterocycles. The first-order chi connectivity index (χ1) is 15.8. The predicted octanol–water partition coefficient (Wildman–Crippen LogP) is 2.83. The minimum atomic E-state index is -1.33. The van der Waals surface area contributed by atoms with Gasteiger partial charge in [0, 0.05) is 56.4 Å². The second-order valence-corrected chi connectivity index (χ2v) is 8.68. The molecule has 1 aliphatic heterocycles. The van der Waals surface area contributed by atoms with Crippen molar-refractivity contribution in [3.8, 4) is 0 Å². The Balaban J connectivity index is 1.95. The monoisotopic (exact) mass is 473 g/mol. The lowest BCUT2D eigenvalue weighted by molar-refractivity contribution is 0.0694. The molecule has 1 aliphatic rings. The second-order valence-electron chi connectivity index (χ2n) is 8.27. The van der Waals surface area contributed by atoms with E-state index in [9.17, 15) is 24.2 Å². The van der Waals surface area contributed by atoms with Crippen LogP contribution in [-0.4, -0.2) is 65.5 Å². The van der Waals surface area contributed by atoms with E-state index in [1.54, 1.807) is 22.8 Å². The van der Waals surface area contributed by atoms with Crippen molar-refractivity contribution in [2.24, 2.45) is 0 Å². The lowest BCUT2D eigenvalue weighted by Crippen LogP contribution is -2.44. The first kappa shape index (κ1) is 23.2. The number of halogens is 2. The van der Waals surface area contributed by atoms with Crippen molar-refractivity contribution in [1.29, 1.82) is 0 Å². The van der Waals surface area contributed by atoms with E-state index in [1.807, 2.05) is 13.1 Å². The van der Waals surface area contributed by atoms with Gasteiger partial charge in [-0.2, -0.15) is 0 Å².